The molecule has 4 nitrogen and oxygen atoms in total. The molecular formula is C10H14N2O2S. The van der Waals surface area contributed by atoms with Crippen LogP contribution in [0.25, 0.3) is 0 Å². The molecule has 1 N–H and O–H groups in total. The van der Waals surface area contributed by atoms with E-state index in [2.05, 4.69) is 5.10 Å². The molecule has 1 aromatic rings. The van der Waals surface area contributed by atoms with Crippen LogP contribution in [-0.2, 0) is 11.8 Å². The molecule has 0 radical (unpaired) electrons. The summed E-state index contributed by atoms with van der Waals surface area (Å²) in [6.07, 6.45) is 2.08. The van der Waals surface area contributed by atoms with Crippen molar-refractivity contribution in [1.29, 1.82) is 0 Å². The Balaban J connectivity index is 2.11. The molecule has 0 spiro atoms. The summed E-state index contributed by atoms with van der Waals surface area (Å²) >= 11 is 1.42. The van der Waals surface area contributed by atoms with Gasteiger partial charge in [-0.1, -0.05) is 11.8 Å². The fourth-order valence-electron chi connectivity index (χ4n) is 1.57. The predicted molar refractivity (Wildman–Crippen MR) is 57.9 cm³/mol. The van der Waals surface area contributed by atoms with Crippen LogP contribution in [0.3, 0.4) is 0 Å². The minimum atomic E-state index is -0.707. The van der Waals surface area contributed by atoms with E-state index in [1.807, 2.05) is 20.0 Å². The van der Waals surface area contributed by atoms with Gasteiger partial charge in [0, 0.05) is 7.05 Å². The third-order valence-corrected chi connectivity index (χ3v) is 3.96. The topological polar surface area (TPSA) is 55.1 Å². The number of carbonyl (C=O) groups is 1. The number of hydrogen-bond donors (Lipinski definition) is 1. The first-order valence-corrected chi connectivity index (χ1v) is 5.86. The summed E-state index contributed by atoms with van der Waals surface area (Å²) in [5, 5.41) is 13.9. The first-order valence-electron chi connectivity index (χ1n) is 4.98. The monoisotopic (exact) mass is 226 g/mol. The van der Waals surface area contributed by atoms with Crippen LogP contribution in [0.2, 0.25) is 0 Å². The molecule has 1 aromatic heterocycles. The Bertz CT molecular complexity index is 385. The molecule has 0 aliphatic heterocycles. The molecule has 0 aromatic carbocycles. The fourth-order valence-corrected chi connectivity index (χ4v) is 2.83. The number of thioether (sulfide) groups is 1. The SMILES string of the molecule is Cc1cc(SC(C(=O)O)C2CC2)n(C)n1. The number of nitrogens with zero attached hydrogens (tertiary/aromatic N) is 2. The maximum absolute atomic E-state index is 11.1. The number of carboxylic acids is 1. The van der Waals surface area contributed by atoms with Gasteiger partial charge in [0.1, 0.15) is 5.25 Å². The van der Waals surface area contributed by atoms with Crippen molar-refractivity contribution in [1.82, 2.24) is 9.78 Å². The highest BCUT2D eigenvalue weighted by atomic mass is 32.2. The number of hydrogen-bond acceptors (Lipinski definition) is 3. The molecule has 82 valence electrons. The minimum Gasteiger partial charge on any atom is -0.480 e. The molecule has 15 heavy (non-hydrogen) atoms. The Labute approximate surface area is 92.7 Å². The van der Waals surface area contributed by atoms with Crippen LogP contribution in [0.4, 0.5) is 0 Å². The van der Waals surface area contributed by atoms with Crippen molar-refractivity contribution < 1.29 is 9.90 Å². The van der Waals surface area contributed by atoms with Gasteiger partial charge in [0.2, 0.25) is 0 Å². The summed E-state index contributed by atoms with van der Waals surface area (Å²) < 4.78 is 1.75. The van der Waals surface area contributed by atoms with Crippen LogP contribution in [0.15, 0.2) is 11.1 Å². The fraction of sp³-hybridized carbons (Fsp3) is 0.600. The summed E-state index contributed by atoms with van der Waals surface area (Å²) in [4.78, 5) is 11.1. The Morgan fingerprint density at radius 1 is 1.73 bits per heavy atom. The molecule has 0 amide bonds. The molecule has 1 aliphatic carbocycles. The maximum atomic E-state index is 11.1. The molecule has 1 fully saturated rings. The largest absolute Gasteiger partial charge is 0.480 e. The van der Waals surface area contributed by atoms with Gasteiger partial charge in [-0.15, -0.1) is 0 Å². The van der Waals surface area contributed by atoms with Gasteiger partial charge in [-0.3, -0.25) is 9.48 Å². The van der Waals surface area contributed by atoms with E-state index in [9.17, 15) is 4.79 Å². The van der Waals surface area contributed by atoms with E-state index in [0.29, 0.717) is 5.92 Å². The second kappa shape index (κ2) is 3.89. The van der Waals surface area contributed by atoms with Crippen molar-refractivity contribution in [3.05, 3.63) is 11.8 Å². The Kier molecular flexibility index (Phi) is 2.73. The van der Waals surface area contributed by atoms with E-state index in [4.69, 9.17) is 5.11 Å². The third-order valence-electron chi connectivity index (χ3n) is 2.50. The van der Waals surface area contributed by atoms with Crippen molar-refractivity contribution in [3.8, 4) is 0 Å². The van der Waals surface area contributed by atoms with Gasteiger partial charge in [-0.05, 0) is 31.7 Å². The summed E-state index contributed by atoms with van der Waals surface area (Å²) in [5.74, 6) is -0.357. The number of aromatic nitrogens is 2. The van der Waals surface area contributed by atoms with Gasteiger partial charge in [-0.2, -0.15) is 5.10 Å². The third kappa shape index (κ3) is 2.34. The van der Waals surface area contributed by atoms with Gasteiger partial charge in [0.25, 0.3) is 0 Å². The van der Waals surface area contributed by atoms with E-state index in [1.165, 1.54) is 11.8 Å². The molecule has 5 heteroatoms. The molecule has 0 bridgehead atoms. The van der Waals surface area contributed by atoms with Crippen molar-refractivity contribution in [3.63, 3.8) is 0 Å². The lowest BCUT2D eigenvalue weighted by Gasteiger charge is -2.09. The van der Waals surface area contributed by atoms with Crippen molar-refractivity contribution in [2.24, 2.45) is 13.0 Å². The standard InChI is InChI=1S/C10H14N2O2S/c1-6-5-8(12(2)11-6)15-9(10(13)14)7-3-4-7/h5,7,9H,3-4H2,1-2H3,(H,13,14). The van der Waals surface area contributed by atoms with Gasteiger partial charge in [-0.25, -0.2) is 0 Å². The van der Waals surface area contributed by atoms with E-state index in [0.717, 1.165) is 23.6 Å². The normalized spacial score (nSPS) is 17.7. The zero-order valence-electron chi connectivity index (χ0n) is 8.80. The zero-order valence-corrected chi connectivity index (χ0v) is 9.62. The van der Waals surface area contributed by atoms with E-state index in [-0.39, 0.29) is 5.25 Å². The van der Waals surface area contributed by atoms with Gasteiger partial charge in [0.15, 0.2) is 0 Å². The number of aliphatic carboxylic acids is 1. The Morgan fingerprint density at radius 2 is 2.40 bits per heavy atom. The maximum Gasteiger partial charge on any atom is 0.317 e. The van der Waals surface area contributed by atoms with E-state index >= 15 is 0 Å². The van der Waals surface area contributed by atoms with Gasteiger partial charge >= 0.3 is 5.97 Å². The highest BCUT2D eigenvalue weighted by molar-refractivity contribution is 8.00. The molecule has 2 rings (SSSR count). The smallest absolute Gasteiger partial charge is 0.317 e. The molecule has 1 aliphatic rings. The second-order valence-corrected chi connectivity index (χ2v) is 5.12. The van der Waals surface area contributed by atoms with Crippen LogP contribution in [-0.4, -0.2) is 26.1 Å². The lowest BCUT2D eigenvalue weighted by atomic mass is 10.3. The average molecular weight is 226 g/mol. The van der Waals surface area contributed by atoms with Crippen LogP contribution in [0.5, 0.6) is 0 Å². The quantitative estimate of drug-likeness (QED) is 0.794. The lowest BCUT2D eigenvalue weighted by Crippen LogP contribution is -2.18. The molecule has 1 heterocycles. The second-order valence-electron chi connectivity index (χ2n) is 3.96. The van der Waals surface area contributed by atoms with Crippen LogP contribution in [0.1, 0.15) is 18.5 Å². The van der Waals surface area contributed by atoms with E-state index in [1.54, 1.807) is 4.68 Å². The molecule has 1 unspecified atom stereocenters. The van der Waals surface area contributed by atoms with Gasteiger partial charge < -0.3 is 5.11 Å². The summed E-state index contributed by atoms with van der Waals surface area (Å²) in [6.45, 7) is 1.91. The highest BCUT2D eigenvalue weighted by Crippen LogP contribution is 2.41. The number of rotatable bonds is 4. The van der Waals surface area contributed by atoms with Crippen LogP contribution < -0.4 is 0 Å². The first-order chi connectivity index (χ1) is 7.08. The highest BCUT2D eigenvalue weighted by Gasteiger charge is 2.37. The lowest BCUT2D eigenvalue weighted by molar-refractivity contribution is -0.136. The molecular weight excluding hydrogens is 212 g/mol. The van der Waals surface area contributed by atoms with Crippen molar-refractivity contribution >= 4 is 17.7 Å². The Morgan fingerprint density at radius 3 is 2.80 bits per heavy atom. The molecule has 1 saturated carbocycles. The van der Waals surface area contributed by atoms with Gasteiger partial charge in [0.05, 0.1) is 10.7 Å². The van der Waals surface area contributed by atoms with Crippen molar-refractivity contribution in [2.45, 2.75) is 30.0 Å². The van der Waals surface area contributed by atoms with Crippen LogP contribution >= 0.6 is 11.8 Å². The van der Waals surface area contributed by atoms with Crippen LogP contribution in [0, 0.1) is 12.8 Å². The number of aryl methyl sites for hydroxylation is 2. The molecule has 1 atom stereocenters. The average Bonchev–Trinajstić information content (AvgIpc) is 2.90. The Hall–Kier alpha value is -0.970. The zero-order chi connectivity index (χ0) is 11.0. The molecule has 0 saturated heterocycles. The minimum absolute atomic E-state index is 0.306. The van der Waals surface area contributed by atoms with Crippen molar-refractivity contribution in [2.75, 3.05) is 0 Å². The summed E-state index contributed by atoms with van der Waals surface area (Å²) in [7, 11) is 1.85. The summed E-state index contributed by atoms with van der Waals surface area (Å²) in [6, 6.07) is 1.93. The number of carboxylic acid groups (broad SMARTS) is 1. The van der Waals surface area contributed by atoms with E-state index < -0.39 is 5.97 Å². The summed E-state index contributed by atoms with van der Waals surface area (Å²) in [5.41, 5.74) is 0.930. The first kappa shape index (κ1) is 10.5. The predicted octanol–water partition coefficient (Wildman–Crippen LogP) is 1.68.